The van der Waals surface area contributed by atoms with Gasteiger partial charge in [-0.3, -0.25) is 0 Å². The van der Waals surface area contributed by atoms with Gasteiger partial charge in [0.25, 0.3) is 0 Å². The highest BCUT2D eigenvalue weighted by Gasteiger charge is 2.49. The average molecular weight is 819 g/mol. The molecule has 7 aromatic carbocycles. The van der Waals surface area contributed by atoms with Gasteiger partial charge in [-0.05, 0) is 119 Å². The fourth-order valence-corrected chi connectivity index (χ4v) is 15.3. The standard InChI is InChI=1S/C51H39BN2S4/c1-28-23-32-33(51(4,5)22-21-50(32,2)3)25-36(28)53-37-27-45-44(56-41-18-10-11-19-42(41)57-45)26-34(37)52-47-38(53)24-31-29-13-6-8-16-39(29)58-49(31)46(47)30-14-12-20-43-48(30)54(52)35-15-7-9-17-40(35)55-43/h6-20,23-27H,21-22H2,1-5H3. The quantitative estimate of drug-likeness (QED) is 0.152. The Kier molecular flexibility index (Phi) is 7.00. The molecule has 1 aromatic heterocycles. The summed E-state index contributed by atoms with van der Waals surface area (Å²) in [6.45, 7) is 12.2. The van der Waals surface area contributed by atoms with Gasteiger partial charge < -0.3 is 9.71 Å². The van der Waals surface area contributed by atoms with E-state index >= 15 is 0 Å². The molecule has 280 valence electrons. The van der Waals surface area contributed by atoms with Gasteiger partial charge in [0.05, 0.1) is 5.69 Å². The Balaban J connectivity index is 1.19. The molecule has 0 N–H and O–H groups in total. The van der Waals surface area contributed by atoms with Crippen molar-refractivity contribution in [2.75, 3.05) is 9.71 Å². The molecule has 0 fully saturated rings. The van der Waals surface area contributed by atoms with Crippen LogP contribution in [0, 0.1) is 6.92 Å². The molecule has 58 heavy (non-hydrogen) atoms. The molecule has 7 heteroatoms. The van der Waals surface area contributed by atoms with Gasteiger partial charge in [-0.25, -0.2) is 0 Å². The number of benzene rings is 7. The molecule has 0 spiro atoms. The minimum absolute atomic E-state index is 0.0112. The highest BCUT2D eigenvalue weighted by atomic mass is 32.2. The number of fused-ring (bicyclic) bond motifs is 13. The molecule has 5 heterocycles. The maximum Gasteiger partial charge on any atom is 0.333 e. The number of aryl methyl sites for hydroxylation is 1. The van der Waals surface area contributed by atoms with Crippen molar-refractivity contribution >= 4 is 113 Å². The first-order valence-electron chi connectivity index (χ1n) is 20.4. The Morgan fingerprint density at radius 3 is 2.00 bits per heavy atom. The monoisotopic (exact) mass is 818 g/mol. The third-order valence-corrected chi connectivity index (χ3v) is 18.5. The van der Waals surface area contributed by atoms with E-state index in [4.69, 9.17) is 0 Å². The Morgan fingerprint density at radius 1 is 0.552 bits per heavy atom. The van der Waals surface area contributed by atoms with E-state index in [9.17, 15) is 0 Å². The zero-order chi connectivity index (χ0) is 38.8. The van der Waals surface area contributed by atoms with Gasteiger partial charge in [0.1, 0.15) is 0 Å². The lowest BCUT2D eigenvalue weighted by atomic mass is 9.43. The summed E-state index contributed by atoms with van der Waals surface area (Å²) in [5.74, 6) is 0. The molecule has 0 bridgehead atoms. The highest BCUT2D eigenvalue weighted by molar-refractivity contribution is 8.05. The number of thiophene rings is 1. The number of para-hydroxylation sites is 2. The number of hydrogen-bond donors (Lipinski definition) is 0. The van der Waals surface area contributed by atoms with Crippen LogP contribution >= 0.6 is 46.6 Å². The van der Waals surface area contributed by atoms with Crippen molar-refractivity contribution in [1.29, 1.82) is 0 Å². The minimum Gasteiger partial charge on any atom is -0.374 e. The lowest BCUT2D eigenvalue weighted by molar-refractivity contribution is 0.332. The smallest absolute Gasteiger partial charge is 0.333 e. The van der Waals surface area contributed by atoms with Crippen LogP contribution in [0.4, 0.5) is 28.4 Å². The lowest BCUT2D eigenvalue weighted by Gasteiger charge is -2.49. The van der Waals surface area contributed by atoms with Crippen molar-refractivity contribution in [2.24, 2.45) is 0 Å². The molecule has 0 saturated carbocycles. The van der Waals surface area contributed by atoms with E-state index in [1.165, 1.54) is 130 Å². The van der Waals surface area contributed by atoms with Crippen LogP contribution in [0.1, 0.15) is 57.2 Å². The topological polar surface area (TPSA) is 6.48 Å². The first-order chi connectivity index (χ1) is 28.1. The molecule has 4 aliphatic heterocycles. The number of rotatable bonds is 1. The van der Waals surface area contributed by atoms with E-state index in [0.29, 0.717) is 0 Å². The second kappa shape index (κ2) is 11.8. The summed E-state index contributed by atoms with van der Waals surface area (Å²) in [7, 11) is 0. The highest BCUT2D eigenvalue weighted by Crippen LogP contribution is 2.59. The molecule has 1 aliphatic carbocycles. The predicted molar refractivity (Wildman–Crippen MR) is 252 cm³/mol. The molecule has 2 nitrogen and oxygen atoms in total. The Labute approximate surface area is 357 Å². The summed E-state index contributed by atoms with van der Waals surface area (Å²) in [5.41, 5.74) is 16.6. The van der Waals surface area contributed by atoms with Crippen molar-refractivity contribution in [3.05, 3.63) is 138 Å². The van der Waals surface area contributed by atoms with Gasteiger partial charge in [0, 0.05) is 83.4 Å². The van der Waals surface area contributed by atoms with Gasteiger partial charge in [0.2, 0.25) is 0 Å². The zero-order valence-electron chi connectivity index (χ0n) is 33.1. The second-order valence-electron chi connectivity index (χ2n) is 17.9. The molecule has 5 aliphatic rings. The minimum atomic E-state index is -0.0112. The van der Waals surface area contributed by atoms with E-state index in [-0.39, 0.29) is 17.7 Å². The largest absolute Gasteiger partial charge is 0.374 e. The van der Waals surface area contributed by atoms with Crippen LogP contribution in [-0.4, -0.2) is 6.85 Å². The predicted octanol–water partition coefficient (Wildman–Crippen LogP) is 14.5. The maximum absolute atomic E-state index is 2.73. The van der Waals surface area contributed by atoms with Crippen LogP contribution < -0.4 is 20.6 Å². The summed E-state index contributed by atoms with van der Waals surface area (Å²) in [6.07, 6.45) is 2.39. The first kappa shape index (κ1) is 34.3. The summed E-state index contributed by atoms with van der Waals surface area (Å²) in [6, 6.07) is 47.0. The molecule has 0 radical (unpaired) electrons. The number of anilines is 5. The molecule has 0 unspecified atom stereocenters. The van der Waals surface area contributed by atoms with Crippen molar-refractivity contribution in [1.82, 2.24) is 0 Å². The SMILES string of the molecule is Cc1cc2c(cc1N1c3cc4c(cc3B3c5c1cc1c(sc6ccccc61)c5-c1cccc5c1N3c1ccccc1S5)Sc1ccccc1S4)C(C)(C)CCC2(C)C. The zero-order valence-corrected chi connectivity index (χ0v) is 36.3. The van der Waals surface area contributed by atoms with Gasteiger partial charge in [0.15, 0.2) is 0 Å². The summed E-state index contributed by atoms with van der Waals surface area (Å²) < 4.78 is 2.74. The van der Waals surface area contributed by atoms with Crippen molar-refractivity contribution in [3.8, 4) is 11.1 Å². The van der Waals surface area contributed by atoms with E-state index in [2.05, 4.69) is 166 Å². The van der Waals surface area contributed by atoms with Crippen molar-refractivity contribution in [2.45, 2.75) is 87.7 Å². The summed E-state index contributed by atoms with van der Waals surface area (Å²) >= 11 is 7.75. The molecule has 0 saturated heterocycles. The van der Waals surface area contributed by atoms with Gasteiger partial charge in [-0.15, -0.1) is 11.3 Å². The van der Waals surface area contributed by atoms with Gasteiger partial charge in [-0.1, -0.05) is 124 Å². The molecule has 0 amide bonds. The Morgan fingerprint density at radius 2 is 1.21 bits per heavy atom. The lowest BCUT2D eigenvalue weighted by Crippen LogP contribution is -2.62. The number of nitrogens with zero attached hydrogens (tertiary/aromatic N) is 2. The van der Waals surface area contributed by atoms with Crippen LogP contribution in [0.2, 0.25) is 0 Å². The van der Waals surface area contributed by atoms with E-state index in [0.717, 1.165) is 0 Å². The normalized spacial score (nSPS) is 17.2. The number of hydrogen-bond acceptors (Lipinski definition) is 6. The fourth-order valence-electron chi connectivity index (χ4n) is 10.7. The molecule has 0 atom stereocenters. The van der Waals surface area contributed by atoms with Gasteiger partial charge >= 0.3 is 6.85 Å². The first-order valence-corrected chi connectivity index (χ1v) is 23.7. The van der Waals surface area contributed by atoms with Crippen LogP contribution in [0.25, 0.3) is 31.3 Å². The molecule has 13 rings (SSSR count). The van der Waals surface area contributed by atoms with Crippen molar-refractivity contribution < 1.29 is 0 Å². The second-order valence-corrected chi connectivity index (χ2v) is 22.3. The van der Waals surface area contributed by atoms with Gasteiger partial charge in [-0.2, -0.15) is 0 Å². The van der Waals surface area contributed by atoms with Crippen molar-refractivity contribution in [3.63, 3.8) is 0 Å². The van der Waals surface area contributed by atoms with Crippen LogP contribution in [-0.2, 0) is 10.8 Å². The maximum atomic E-state index is 2.73. The van der Waals surface area contributed by atoms with Crippen LogP contribution in [0.3, 0.4) is 0 Å². The fraction of sp³-hybridized carbons (Fsp3) is 0.176. The Bertz CT molecular complexity index is 3160. The third-order valence-electron chi connectivity index (χ3n) is 13.6. The summed E-state index contributed by atoms with van der Waals surface area (Å²) in [4.78, 5) is 13.4. The average Bonchev–Trinajstić information content (AvgIpc) is 3.60. The van der Waals surface area contributed by atoms with E-state index < -0.39 is 0 Å². The van der Waals surface area contributed by atoms with E-state index in [1.54, 1.807) is 0 Å². The Hall–Kier alpha value is -4.53. The molecule has 8 aromatic rings. The summed E-state index contributed by atoms with van der Waals surface area (Å²) in [5, 5.41) is 2.69. The molecular formula is C51H39BN2S4. The van der Waals surface area contributed by atoms with E-state index in [1.807, 2.05) is 46.6 Å². The third kappa shape index (κ3) is 4.57. The van der Waals surface area contributed by atoms with Crippen LogP contribution in [0.5, 0.6) is 0 Å². The van der Waals surface area contributed by atoms with Crippen LogP contribution in [0.15, 0.2) is 151 Å². The molecular weight excluding hydrogens is 780 g/mol.